The van der Waals surface area contributed by atoms with Crippen LogP contribution in [-0.2, 0) is 11.3 Å². The normalized spacial score (nSPS) is 19.4. The molecule has 2 aliphatic heterocycles. The fraction of sp³-hybridized carbons (Fsp3) is 0.458. The lowest BCUT2D eigenvalue weighted by atomic mass is 9.78. The number of halogens is 1. The first kappa shape index (κ1) is 21.6. The fourth-order valence-electron chi connectivity index (χ4n) is 4.79. The lowest BCUT2D eigenvalue weighted by Gasteiger charge is -2.43. The number of aryl methyl sites for hydroxylation is 1. The van der Waals surface area contributed by atoms with Crippen LogP contribution in [0.4, 0.5) is 15.8 Å². The van der Waals surface area contributed by atoms with Crippen LogP contribution in [0.5, 0.6) is 5.75 Å². The second-order valence-corrected chi connectivity index (χ2v) is 9.00. The zero-order valence-corrected chi connectivity index (χ0v) is 18.9. The van der Waals surface area contributed by atoms with Gasteiger partial charge in [-0.1, -0.05) is 0 Å². The van der Waals surface area contributed by atoms with Crippen LogP contribution in [0.2, 0.25) is 0 Å². The third kappa shape index (κ3) is 3.90. The van der Waals surface area contributed by atoms with Crippen molar-refractivity contribution in [3.05, 3.63) is 47.0 Å². The van der Waals surface area contributed by atoms with Gasteiger partial charge < -0.3 is 20.3 Å². The highest BCUT2D eigenvalue weighted by atomic mass is 19.1. The Labute approximate surface area is 192 Å². The van der Waals surface area contributed by atoms with E-state index >= 15 is 0 Å². The molecule has 1 spiro atoms. The lowest BCUT2D eigenvalue weighted by Crippen LogP contribution is -2.55. The number of carbonyl (C=O) groups is 2. The van der Waals surface area contributed by atoms with Crippen LogP contribution in [0.15, 0.2) is 24.3 Å². The molecule has 1 saturated heterocycles. The molecular weight excluding hydrogens is 425 g/mol. The zero-order chi connectivity index (χ0) is 23.2. The Balaban J connectivity index is 1.23. The molecule has 3 heterocycles. The molecule has 2 aromatic rings. The standard InChI is InChI=1S/C24H28FN5O3/c1-15-20(5-4-18(27-15)22(31)26-2)30-10-8-29(9-11-30)14-16-12-17(25)21-19(13-16)28-23(32)24(33-21)6-3-7-24/h4-5,12-13H,3,6-11,14H2,1-2H3,(H,26,31)(H,28,32). The van der Waals surface area contributed by atoms with Crippen LogP contribution in [-0.4, -0.2) is 60.5 Å². The van der Waals surface area contributed by atoms with Gasteiger partial charge in [-0.2, -0.15) is 0 Å². The molecule has 3 aliphatic rings. The van der Waals surface area contributed by atoms with Crippen LogP contribution in [0.1, 0.15) is 41.0 Å². The highest BCUT2D eigenvalue weighted by molar-refractivity contribution is 6.01. The molecule has 33 heavy (non-hydrogen) atoms. The highest BCUT2D eigenvalue weighted by Gasteiger charge is 2.50. The van der Waals surface area contributed by atoms with Crippen molar-refractivity contribution in [1.29, 1.82) is 0 Å². The minimum atomic E-state index is -0.878. The SMILES string of the molecule is CNC(=O)c1ccc(N2CCN(Cc3cc(F)c4c(c3)NC(=O)C3(CCC3)O4)CC2)c(C)n1. The molecule has 1 aromatic carbocycles. The van der Waals surface area contributed by atoms with Crippen LogP contribution in [0, 0.1) is 12.7 Å². The second kappa shape index (κ2) is 8.30. The van der Waals surface area contributed by atoms with Gasteiger partial charge in [-0.25, -0.2) is 9.37 Å². The molecule has 2 fully saturated rings. The van der Waals surface area contributed by atoms with Crippen LogP contribution in [0.3, 0.4) is 0 Å². The Hall–Kier alpha value is -3.20. The molecule has 9 heteroatoms. The summed E-state index contributed by atoms with van der Waals surface area (Å²) in [5.41, 5.74) is 2.60. The summed E-state index contributed by atoms with van der Waals surface area (Å²) >= 11 is 0. The van der Waals surface area contributed by atoms with E-state index in [-0.39, 0.29) is 17.6 Å². The number of nitrogens with zero attached hydrogens (tertiary/aromatic N) is 3. The van der Waals surface area contributed by atoms with Gasteiger partial charge in [0.05, 0.1) is 17.1 Å². The molecule has 8 nitrogen and oxygen atoms in total. The summed E-state index contributed by atoms with van der Waals surface area (Å²) in [7, 11) is 1.59. The summed E-state index contributed by atoms with van der Waals surface area (Å²) in [6.07, 6.45) is 2.18. The van der Waals surface area contributed by atoms with E-state index in [4.69, 9.17) is 4.74 Å². The molecule has 0 radical (unpaired) electrons. The predicted molar refractivity (Wildman–Crippen MR) is 122 cm³/mol. The van der Waals surface area contributed by atoms with Gasteiger partial charge in [-0.3, -0.25) is 14.5 Å². The number of pyridine rings is 1. The average molecular weight is 454 g/mol. The van der Waals surface area contributed by atoms with E-state index in [1.165, 1.54) is 6.07 Å². The maximum Gasteiger partial charge on any atom is 0.269 e. The maximum absolute atomic E-state index is 14.8. The Kier molecular flexibility index (Phi) is 5.44. The quantitative estimate of drug-likeness (QED) is 0.740. The van der Waals surface area contributed by atoms with E-state index in [1.54, 1.807) is 13.1 Å². The van der Waals surface area contributed by atoms with Crippen LogP contribution >= 0.6 is 0 Å². The molecule has 0 unspecified atom stereocenters. The third-order valence-electron chi connectivity index (χ3n) is 6.86. The van der Waals surface area contributed by atoms with Crippen molar-refractivity contribution >= 4 is 23.2 Å². The molecule has 5 rings (SSSR count). The van der Waals surface area contributed by atoms with Gasteiger partial charge in [0.15, 0.2) is 17.2 Å². The fourth-order valence-corrected chi connectivity index (χ4v) is 4.79. The molecule has 174 valence electrons. The second-order valence-electron chi connectivity index (χ2n) is 9.00. The Morgan fingerprint density at radius 3 is 2.64 bits per heavy atom. The lowest BCUT2D eigenvalue weighted by molar-refractivity contribution is -0.140. The summed E-state index contributed by atoms with van der Waals surface area (Å²) in [6, 6.07) is 7.02. The van der Waals surface area contributed by atoms with Gasteiger partial charge in [0, 0.05) is 39.8 Å². The molecule has 1 aromatic heterocycles. The van der Waals surface area contributed by atoms with E-state index in [0.717, 1.165) is 49.5 Å². The van der Waals surface area contributed by atoms with Crippen molar-refractivity contribution in [2.45, 2.75) is 38.3 Å². The van der Waals surface area contributed by atoms with E-state index in [2.05, 4.69) is 25.4 Å². The predicted octanol–water partition coefficient (Wildman–Crippen LogP) is 2.46. The van der Waals surface area contributed by atoms with Crippen molar-refractivity contribution in [3.63, 3.8) is 0 Å². The van der Waals surface area contributed by atoms with Gasteiger partial charge in [0.1, 0.15) is 5.69 Å². The minimum absolute atomic E-state index is 0.158. The number of hydrogen-bond donors (Lipinski definition) is 2. The monoisotopic (exact) mass is 453 g/mol. The number of rotatable bonds is 4. The van der Waals surface area contributed by atoms with Crippen molar-refractivity contribution in [3.8, 4) is 5.75 Å². The van der Waals surface area contributed by atoms with E-state index in [9.17, 15) is 14.0 Å². The molecule has 1 aliphatic carbocycles. The summed E-state index contributed by atoms with van der Waals surface area (Å²) in [4.78, 5) is 33.2. The zero-order valence-electron chi connectivity index (χ0n) is 18.9. The number of fused-ring (bicyclic) bond motifs is 1. The Morgan fingerprint density at radius 2 is 2.00 bits per heavy atom. The first-order chi connectivity index (χ1) is 15.9. The molecule has 0 bridgehead atoms. The smallest absolute Gasteiger partial charge is 0.269 e. The number of piperazine rings is 1. The number of carbonyl (C=O) groups excluding carboxylic acids is 2. The third-order valence-corrected chi connectivity index (χ3v) is 6.86. The maximum atomic E-state index is 14.8. The summed E-state index contributed by atoms with van der Waals surface area (Å²) in [5.74, 6) is -0.634. The topological polar surface area (TPSA) is 86.8 Å². The summed E-state index contributed by atoms with van der Waals surface area (Å²) in [6.45, 7) is 5.72. The summed E-state index contributed by atoms with van der Waals surface area (Å²) in [5, 5.41) is 5.45. The van der Waals surface area contributed by atoms with Gasteiger partial charge in [0.2, 0.25) is 0 Å². The van der Waals surface area contributed by atoms with Crippen molar-refractivity contribution in [1.82, 2.24) is 15.2 Å². The first-order valence-electron chi connectivity index (χ1n) is 11.4. The molecular formula is C24H28FN5O3. The van der Waals surface area contributed by atoms with Gasteiger partial charge in [-0.05, 0) is 56.0 Å². The number of anilines is 2. The van der Waals surface area contributed by atoms with Gasteiger partial charge >= 0.3 is 0 Å². The largest absolute Gasteiger partial charge is 0.472 e. The molecule has 2 N–H and O–H groups in total. The van der Waals surface area contributed by atoms with Gasteiger partial charge in [-0.15, -0.1) is 0 Å². The van der Waals surface area contributed by atoms with E-state index in [1.807, 2.05) is 19.1 Å². The van der Waals surface area contributed by atoms with Crippen molar-refractivity contribution in [2.24, 2.45) is 0 Å². The minimum Gasteiger partial charge on any atom is -0.472 e. The Morgan fingerprint density at radius 1 is 1.24 bits per heavy atom. The summed E-state index contributed by atoms with van der Waals surface area (Å²) < 4.78 is 20.6. The van der Waals surface area contributed by atoms with Gasteiger partial charge in [0.25, 0.3) is 11.8 Å². The molecule has 2 amide bonds. The number of amides is 2. The first-order valence-corrected chi connectivity index (χ1v) is 11.4. The highest BCUT2D eigenvalue weighted by Crippen LogP contribution is 2.45. The van der Waals surface area contributed by atoms with Crippen molar-refractivity contribution < 1.29 is 18.7 Å². The molecule has 1 saturated carbocycles. The number of hydrogen-bond acceptors (Lipinski definition) is 6. The Bertz CT molecular complexity index is 1110. The number of nitrogens with one attached hydrogen (secondary N) is 2. The number of aromatic nitrogens is 1. The van der Waals surface area contributed by atoms with E-state index in [0.29, 0.717) is 30.8 Å². The average Bonchev–Trinajstić information content (AvgIpc) is 2.77. The molecule has 0 atom stereocenters. The number of benzene rings is 1. The van der Waals surface area contributed by atoms with Crippen molar-refractivity contribution in [2.75, 3.05) is 43.4 Å². The van der Waals surface area contributed by atoms with Crippen LogP contribution < -0.4 is 20.3 Å². The van der Waals surface area contributed by atoms with E-state index < -0.39 is 11.4 Å². The number of ether oxygens (including phenoxy) is 1. The van der Waals surface area contributed by atoms with Crippen LogP contribution in [0.25, 0.3) is 0 Å².